The van der Waals surface area contributed by atoms with Gasteiger partial charge in [-0.15, -0.1) is 22.7 Å². The lowest BCUT2D eigenvalue weighted by atomic mass is 9.93. The highest BCUT2D eigenvalue weighted by molar-refractivity contribution is 8.02. The van der Waals surface area contributed by atoms with Crippen molar-refractivity contribution in [1.29, 1.82) is 0 Å². The fraction of sp³-hybridized carbons (Fsp3) is 0.125. The number of nitrogens with one attached hydrogen (secondary N) is 2. The van der Waals surface area contributed by atoms with Crippen molar-refractivity contribution in [1.82, 2.24) is 9.97 Å². The topological polar surface area (TPSA) is 84.0 Å². The van der Waals surface area contributed by atoms with Gasteiger partial charge in [0, 0.05) is 21.4 Å². The zero-order valence-electron chi connectivity index (χ0n) is 24.7. The molecule has 0 aliphatic rings. The van der Waals surface area contributed by atoms with Gasteiger partial charge in [0.25, 0.3) is 0 Å². The van der Waals surface area contributed by atoms with Crippen LogP contribution < -0.4 is 10.6 Å². The number of benzene rings is 4. The molecule has 0 radical (unpaired) electrons. The van der Waals surface area contributed by atoms with Crippen LogP contribution in [0.4, 0.5) is 37.7 Å². The van der Waals surface area contributed by atoms with Crippen LogP contribution in [-0.2, 0) is 21.9 Å². The Hall–Kier alpha value is -3.54. The van der Waals surface area contributed by atoms with Gasteiger partial charge < -0.3 is 10.6 Å². The lowest BCUT2D eigenvalue weighted by Crippen LogP contribution is -2.17. The van der Waals surface area contributed by atoms with E-state index in [2.05, 4.69) is 20.6 Å². The van der Waals surface area contributed by atoms with Gasteiger partial charge in [0.15, 0.2) is 8.68 Å². The summed E-state index contributed by atoms with van der Waals surface area (Å²) in [5, 5.41) is 5.72. The maximum atomic E-state index is 14.3. The Balaban J connectivity index is 1.17. The average molecular weight is 804 g/mol. The number of hydrogen-bond acceptors (Lipinski definition) is 8. The average Bonchev–Trinajstić information content (AvgIpc) is 3.64. The summed E-state index contributed by atoms with van der Waals surface area (Å²) in [5.74, 6) is -1.66. The number of hydrogen-bond donors (Lipinski definition) is 2. The number of nitrogens with zero attached hydrogens (tertiary/aromatic N) is 2. The first-order valence-electron chi connectivity index (χ1n) is 14.0. The molecule has 2 aromatic heterocycles. The Labute approximate surface area is 305 Å². The van der Waals surface area contributed by atoms with Crippen molar-refractivity contribution < 1.29 is 35.9 Å². The minimum absolute atomic E-state index is 0.184. The number of anilines is 2. The van der Waals surface area contributed by atoms with Crippen molar-refractivity contribution in [3.63, 3.8) is 0 Å². The smallest absolute Gasteiger partial charge is 0.325 e. The van der Waals surface area contributed by atoms with Gasteiger partial charge in [0.2, 0.25) is 11.8 Å². The van der Waals surface area contributed by atoms with Crippen molar-refractivity contribution in [2.45, 2.75) is 21.0 Å². The van der Waals surface area contributed by atoms with E-state index in [1.807, 2.05) is 0 Å². The number of amides is 2. The molecule has 6 aromatic rings. The molecule has 0 aliphatic carbocycles. The van der Waals surface area contributed by atoms with E-state index in [0.717, 1.165) is 57.2 Å². The second-order valence-electron chi connectivity index (χ2n) is 10.4. The highest BCUT2D eigenvalue weighted by atomic mass is 35.5. The van der Waals surface area contributed by atoms with Crippen molar-refractivity contribution >= 4 is 113 Å². The van der Waals surface area contributed by atoms with E-state index >= 15 is 0 Å². The monoisotopic (exact) mass is 802 g/mol. The van der Waals surface area contributed by atoms with Crippen molar-refractivity contribution in [3.8, 4) is 11.1 Å². The van der Waals surface area contributed by atoms with E-state index in [1.165, 1.54) is 22.7 Å². The summed E-state index contributed by atoms with van der Waals surface area (Å²) in [6.07, 6.45) is -10.2. The molecule has 6 rings (SSSR count). The number of thioether (sulfide) groups is 2. The van der Waals surface area contributed by atoms with Gasteiger partial charge in [-0.2, -0.15) is 26.3 Å². The Kier molecular flexibility index (Phi) is 10.6. The van der Waals surface area contributed by atoms with Crippen molar-refractivity contribution in [3.05, 3.63) is 94.0 Å². The number of rotatable bonds is 9. The zero-order chi connectivity index (χ0) is 35.8. The van der Waals surface area contributed by atoms with Gasteiger partial charge in [-0.25, -0.2) is 9.97 Å². The summed E-state index contributed by atoms with van der Waals surface area (Å²) in [4.78, 5) is 34.0. The third-order valence-electron chi connectivity index (χ3n) is 6.82. The molecule has 0 spiro atoms. The Morgan fingerprint density at radius 2 is 1.02 bits per heavy atom. The Bertz CT molecular complexity index is 2100. The molecule has 0 saturated carbocycles. The molecular weight excluding hydrogens is 786 g/mol. The van der Waals surface area contributed by atoms with E-state index in [1.54, 1.807) is 36.4 Å². The molecule has 2 N–H and O–H groups in total. The first kappa shape index (κ1) is 36.3. The zero-order valence-corrected chi connectivity index (χ0v) is 29.5. The summed E-state index contributed by atoms with van der Waals surface area (Å²) >= 11 is 16.7. The van der Waals surface area contributed by atoms with E-state index in [0.29, 0.717) is 41.9 Å². The van der Waals surface area contributed by atoms with Crippen molar-refractivity contribution in [2.75, 3.05) is 22.1 Å². The number of thiazole rings is 2. The van der Waals surface area contributed by atoms with Crippen LogP contribution in [0.1, 0.15) is 11.1 Å². The fourth-order valence-corrected chi connectivity index (χ4v) is 8.74. The molecule has 0 saturated heterocycles. The molecule has 50 heavy (non-hydrogen) atoms. The summed E-state index contributed by atoms with van der Waals surface area (Å²) < 4.78 is 88.3. The summed E-state index contributed by atoms with van der Waals surface area (Å²) in [5.41, 5.74) is -3.53. The maximum Gasteiger partial charge on any atom is 0.417 e. The van der Waals surface area contributed by atoms with E-state index in [-0.39, 0.29) is 22.9 Å². The summed E-state index contributed by atoms with van der Waals surface area (Å²) in [7, 11) is 0. The standard InChI is InChI=1S/C32H18Cl2F6N4O2S4/c33-15-1-7-25-23(9-15)43-29(49-25)47-13-27(45)41-17-3-5-19(21(11-17)31(35,36)37)20-6-4-18(12-22(20)32(38,39)40)42-28(46)14-48-30-44-24-10-16(34)2-8-26(24)50-30/h1-12H,13-14H2,(H,41,45)(H,42,46). The highest BCUT2D eigenvalue weighted by Crippen LogP contribution is 2.44. The molecule has 0 aliphatic heterocycles. The van der Waals surface area contributed by atoms with Gasteiger partial charge in [-0.1, -0.05) is 58.9 Å². The number of aromatic nitrogens is 2. The molecule has 258 valence electrons. The van der Waals surface area contributed by atoms with Gasteiger partial charge in [-0.05, 0) is 71.8 Å². The quantitative estimate of drug-likeness (QED) is 0.112. The minimum atomic E-state index is -5.08. The highest BCUT2D eigenvalue weighted by Gasteiger charge is 2.39. The van der Waals surface area contributed by atoms with Crippen LogP contribution in [-0.4, -0.2) is 33.3 Å². The van der Waals surface area contributed by atoms with Crippen LogP contribution in [0, 0.1) is 0 Å². The molecule has 4 aromatic carbocycles. The largest absolute Gasteiger partial charge is 0.417 e. The molecule has 2 amide bonds. The van der Waals surface area contributed by atoms with Gasteiger partial charge >= 0.3 is 12.4 Å². The molecule has 0 atom stereocenters. The number of carbonyl (C=O) groups is 2. The summed E-state index contributed by atoms with van der Waals surface area (Å²) in [6, 6.07) is 15.4. The third kappa shape index (κ3) is 8.66. The molecule has 0 unspecified atom stereocenters. The van der Waals surface area contributed by atoms with Crippen LogP contribution in [0.15, 0.2) is 81.5 Å². The predicted octanol–water partition coefficient (Wildman–Crippen LogP) is 11.4. The first-order chi connectivity index (χ1) is 23.6. The SMILES string of the molecule is O=C(CSc1nc2cc(Cl)ccc2s1)Nc1ccc(-c2ccc(NC(=O)CSc3nc4cc(Cl)ccc4s3)cc2C(F)(F)F)c(C(F)(F)F)c1. The van der Waals surface area contributed by atoms with Crippen LogP contribution in [0.3, 0.4) is 0 Å². The molecule has 18 heteroatoms. The van der Waals surface area contributed by atoms with E-state index in [9.17, 15) is 35.9 Å². The summed E-state index contributed by atoms with van der Waals surface area (Å²) in [6.45, 7) is 0. The third-order valence-corrected chi connectivity index (χ3v) is 11.6. The van der Waals surface area contributed by atoms with Crippen LogP contribution in [0.25, 0.3) is 31.6 Å². The Morgan fingerprint density at radius 1 is 0.620 bits per heavy atom. The second kappa shape index (κ2) is 14.6. The number of halogens is 8. The maximum absolute atomic E-state index is 14.3. The van der Waals surface area contributed by atoms with Gasteiger partial charge in [0.1, 0.15) is 0 Å². The van der Waals surface area contributed by atoms with Crippen LogP contribution >= 0.6 is 69.4 Å². The van der Waals surface area contributed by atoms with Crippen LogP contribution in [0.5, 0.6) is 0 Å². The number of carbonyl (C=O) groups excluding carboxylic acids is 2. The normalized spacial score (nSPS) is 12.1. The van der Waals surface area contributed by atoms with Gasteiger partial charge in [0.05, 0.1) is 43.1 Å². The lowest BCUT2D eigenvalue weighted by Gasteiger charge is -2.19. The fourth-order valence-electron chi connectivity index (χ4n) is 4.71. The molecule has 2 heterocycles. The van der Waals surface area contributed by atoms with Gasteiger partial charge in [-0.3, -0.25) is 9.59 Å². The van der Waals surface area contributed by atoms with E-state index in [4.69, 9.17) is 23.2 Å². The lowest BCUT2D eigenvalue weighted by molar-refractivity contribution is -0.139. The number of fused-ring (bicyclic) bond motifs is 2. The predicted molar refractivity (Wildman–Crippen MR) is 190 cm³/mol. The Morgan fingerprint density at radius 3 is 1.40 bits per heavy atom. The molecular formula is C32H18Cl2F6N4O2S4. The molecule has 0 bridgehead atoms. The molecule has 6 nitrogen and oxygen atoms in total. The minimum Gasteiger partial charge on any atom is -0.325 e. The van der Waals surface area contributed by atoms with Crippen LogP contribution in [0.2, 0.25) is 10.0 Å². The number of alkyl halides is 6. The second-order valence-corrected chi connectivity index (χ2v) is 15.8. The van der Waals surface area contributed by atoms with Crippen molar-refractivity contribution in [2.24, 2.45) is 0 Å². The first-order valence-corrected chi connectivity index (χ1v) is 18.4. The van der Waals surface area contributed by atoms with E-state index < -0.39 is 46.4 Å². The molecule has 0 fully saturated rings.